The molecular formula is C20H22N2O6S. The molecule has 0 unspecified atom stereocenters. The first-order valence-corrected chi connectivity index (χ1v) is 10.1. The average molecular weight is 418 g/mol. The Labute approximate surface area is 171 Å². The standard InChI is InChI=1S/C20H22N2O6S/c1-4-25-15-9-13(10-16(26-5-2)18(15)27-6-3)19(24)28-12-14-11-17(23)22-7-8-29-20(22)21-14/h7-11H,4-6,12H2,1-3H3. The molecule has 1 aromatic carbocycles. The fourth-order valence-electron chi connectivity index (χ4n) is 2.69. The largest absolute Gasteiger partial charge is 0.490 e. The Balaban J connectivity index is 1.84. The van der Waals surface area contributed by atoms with Crippen molar-refractivity contribution in [1.29, 1.82) is 0 Å². The molecule has 0 radical (unpaired) electrons. The van der Waals surface area contributed by atoms with Gasteiger partial charge >= 0.3 is 5.97 Å². The molecule has 0 aliphatic heterocycles. The monoisotopic (exact) mass is 418 g/mol. The molecule has 0 aliphatic rings. The normalized spacial score (nSPS) is 10.7. The van der Waals surface area contributed by atoms with E-state index in [4.69, 9.17) is 18.9 Å². The summed E-state index contributed by atoms with van der Waals surface area (Å²) in [5.41, 5.74) is 0.418. The smallest absolute Gasteiger partial charge is 0.338 e. The highest BCUT2D eigenvalue weighted by atomic mass is 32.1. The molecule has 2 aromatic heterocycles. The van der Waals surface area contributed by atoms with Gasteiger partial charge in [-0.15, -0.1) is 11.3 Å². The molecule has 8 nitrogen and oxygen atoms in total. The number of carbonyl (C=O) groups is 1. The highest BCUT2D eigenvalue weighted by Gasteiger charge is 2.19. The summed E-state index contributed by atoms with van der Waals surface area (Å²) < 4.78 is 23.7. The number of rotatable bonds is 9. The van der Waals surface area contributed by atoms with Gasteiger partial charge in [0.2, 0.25) is 5.75 Å². The van der Waals surface area contributed by atoms with Gasteiger partial charge in [0.15, 0.2) is 16.5 Å². The van der Waals surface area contributed by atoms with Crippen molar-refractivity contribution in [2.24, 2.45) is 0 Å². The van der Waals surface area contributed by atoms with Crippen molar-refractivity contribution in [2.75, 3.05) is 19.8 Å². The van der Waals surface area contributed by atoms with Crippen molar-refractivity contribution in [1.82, 2.24) is 9.38 Å². The van der Waals surface area contributed by atoms with E-state index in [0.29, 0.717) is 47.7 Å². The van der Waals surface area contributed by atoms with E-state index in [9.17, 15) is 9.59 Å². The molecule has 0 atom stereocenters. The van der Waals surface area contributed by atoms with Crippen LogP contribution in [0, 0.1) is 0 Å². The lowest BCUT2D eigenvalue weighted by atomic mass is 10.2. The average Bonchev–Trinajstić information content (AvgIpc) is 3.18. The summed E-state index contributed by atoms with van der Waals surface area (Å²) in [5, 5.41) is 1.77. The van der Waals surface area contributed by atoms with Crippen molar-refractivity contribution in [3.05, 3.63) is 51.4 Å². The maximum absolute atomic E-state index is 12.6. The molecule has 154 valence electrons. The minimum Gasteiger partial charge on any atom is -0.490 e. The molecule has 3 aromatic rings. The van der Waals surface area contributed by atoms with Crippen LogP contribution in [0.3, 0.4) is 0 Å². The van der Waals surface area contributed by atoms with Crippen LogP contribution in [0.1, 0.15) is 36.8 Å². The molecule has 2 heterocycles. The van der Waals surface area contributed by atoms with Crippen molar-refractivity contribution < 1.29 is 23.7 Å². The van der Waals surface area contributed by atoms with Gasteiger partial charge in [-0.2, -0.15) is 0 Å². The number of hydrogen-bond donors (Lipinski definition) is 0. The molecule has 0 saturated heterocycles. The summed E-state index contributed by atoms with van der Waals surface area (Å²) in [4.78, 5) is 29.5. The highest BCUT2D eigenvalue weighted by molar-refractivity contribution is 7.15. The zero-order valence-electron chi connectivity index (χ0n) is 16.5. The van der Waals surface area contributed by atoms with Crippen molar-refractivity contribution in [3.63, 3.8) is 0 Å². The molecule has 29 heavy (non-hydrogen) atoms. The van der Waals surface area contributed by atoms with Gasteiger partial charge < -0.3 is 18.9 Å². The van der Waals surface area contributed by atoms with Crippen molar-refractivity contribution in [3.8, 4) is 17.2 Å². The molecule has 0 saturated carbocycles. The van der Waals surface area contributed by atoms with E-state index in [1.165, 1.54) is 21.8 Å². The van der Waals surface area contributed by atoms with Crippen molar-refractivity contribution in [2.45, 2.75) is 27.4 Å². The predicted octanol–water partition coefficient (Wildman–Crippen LogP) is 3.31. The Morgan fingerprint density at radius 3 is 2.31 bits per heavy atom. The van der Waals surface area contributed by atoms with Crippen LogP contribution in [0.15, 0.2) is 34.6 Å². The number of aromatic nitrogens is 2. The van der Waals surface area contributed by atoms with Crippen LogP contribution in [0.2, 0.25) is 0 Å². The first kappa shape index (κ1) is 20.7. The molecule has 0 spiro atoms. The van der Waals surface area contributed by atoms with E-state index in [2.05, 4.69) is 4.98 Å². The summed E-state index contributed by atoms with van der Waals surface area (Å²) in [5.74, 6) is 0.681. The van der Waals surface area contributed by atoms with Crippen LogP contribution in [0.25, 0.3) is 4.96 Å². The van der Waals surface area contributed by atoms with Gasteiger partial charge in [0.25, 0.3) is 5.56 Å². The van der Waals surface area contributed by atoms with E-state index in [-0.39, 0.29) is 17.7 Å². The maximum Gasteiger partial charge on any atom is 0.338 e. The number of hydrogen-bond acceptors (Lipinski definition) is 8. The fourth-order valence-corrected chi connectivity index (χ4v) is 3.43. The third kappa shape index (κ3) is 4.68. The zero-order valence-corrected chi connectivity index (χ0v) is 17.3. The van der Waals surface area contributed by atoms with E-state index < -0.39 is 5.97 Å². The minimum atomic E-state index is -0.580. The van der Waals surface area contributed by atoms with Crippen LogP contribution in [-0.2, 0) is 11.3 Å². The number of thiazole rings is 1. The van der Waals surface area contributed by atoms with Gasteiger partial charge in [0, 0.05) is 17.6 Å². The first-order valence-electron chi connectivity index (χ1n) is 9.26. The van der Waals surface area contributed by atoms with Gasteiger partial charge in [-0.05, 0) is 32.9 Å². The molecule has 0 aliphatic carbocycles. The molecule has 0 fully saturated rings. The van der Waals surface area contributed by atoms with Gasteiger partial charge in [-0.1, -0.05) is 0 Å². The summed E-state index contributed by atoms with van der Waals surface area (Å²) in [6, 6.07) is 4.47. The van der Waals surface area contributed by atoms with Crippen LogP contribution in [0.5, 0.6) is 17.2 Å². The lowest BCUT2D eigenvalue weighted by Crippen LogP contribution is -2.15. The quantitative estimate of drug-likeness (QED) is 0.493. The van der Waals surface area contributed by atoms with Gasteiger partial charge in [-0.25, -0.2) is 9.78 Å². The Morgan fingerprint density at radius 1 is 1.03 bits per heavy atom. The lowest BCUT2D eigenvalue weighted by molar-refractivity contribution is 0.0466. The van der Waals surface area contributed by atoms with E-state index in [1.807, 2.05) is 20.8 Å². The molecular weight excluding hydrogens is 396 g/mol. The number of carbonyl (C=O) groups excluding carboxylic acids is 1. The van der Waals surface area contributed by atoms with E-state index in [0.717, 1.165) is 0 Å². The van der Waals surface area contributed by atoms with Crippen LogP contribution >= 0.6 is 11.3 Å². The Hall–Kier alpha value is -3.07. The predicted molar refractivity (Wildman–Crippen MR) is 108 cm³/mol. The second-order valence-electron chi connectivity index (χ2n) is 5.82. The van der Waals surface area contributed by atoms with E-state index >= 15 is 0 Å². The number of fused-ring (bicyclic) bond motifs is 1. The second kappa shape index (κ2) is 9.42. The van der Waals surface area contributed by atoms with Crippen molar-refractivity contribution >= 4 is 22.3 Å². The second-order valence-corrected chi connectivity index (χ2v) is 6.69. The summed E-state index contributed by atoms with van der Waals surface area (Å²) in [6.45, 7) is 6.64. The molecule has 3 rings (SSSR count). The number of ether oxygens (including phenoxy) is 4. The van der Waals surface area contributed by atoms with Crippen LogP contribution in [-0.4, -0.2) is 35.2 Å². The maximum atomic E-state index is 12.6. The highest BCUT2D eigenvalue weighted by Crippen LogP contribution is 2.39. The number of nitrogens with zero attached hydrogens (tertiary/aromatic N) is 2. The number of benzene rings is 1. The molecule has 0 bridgehead atoms. The number of esters is 1. The lowest BCUT2D eigenvalue weighted by Gasteiger charge is -2.16. The van der Waals surface area contributed by atoms with Gasteiger partial charge in [0.1, 0.15) is 6.61 Å². The van der Waals surface area contributed by atoms with Crippen LogP contribution in [0.4, 0.5) is 0 Å². The van der Waals surface area contributed by atoms with Gasteiger partial charge in [-0.3, -0.25) is 9.20 Å². The Kier molecular flexibility index (Phi) is 6.71. The summed E-state index contributed by atoms with van der Waals surface area (Å²) in [7, 11) is 0. The third-order valence-corrected chi connectivity index (χ3v) is 4.61. The first-order chi connectivity index (χ1) is 14.1. The molecule has 9 heteroatoms. The van der Waals surface area contributed by atoms with E-state index in [1.54, 1.807) is 23.7 Å². The minimum absolute atomic E-state index is 0.121. The SMILES string of the molecule is CCOc1cc(C(=O)OCc2cc(=O)n3ccsc3n2)cc(OCC)c1OCC. The van der Waals surface area contributed by atoms with Crippen LogP contribution < -0.4 is 19.8 Å². The zero-order chi connectivity index (χ0) is 20.8. The molecule has 0 N–H and O–H groups in total. The Bertz CT molecular complexity index is 1030. The topological polar surface area (TPSA) is 88.4 Å². The fraction of sp³-hybridized carbons (Fsp3) is 0.350. The third-order valence-electron chi connectivity index (χ3n) is 3.85. The Morgan fingerprint density at radius 2 is 1.69 bits per heavy atom. The summed E-state index contributed by atoms with van der Waals surface area (Å²) >= 11 is 1.33. The summed E-state index contributed by atoms with van der Waals surface area (Å²) in [6.07, 6.45) is 1.65. The van der Waals surface area contributed by atoms with Gasteiger partial charge in [0.05, 0.1) is 31.1 Å². The molecule has 0 amide bonds.